The molecule has 0 spiro atoms. The Labute approximate surface area is 213 Å². The summed E-state index contributed by atoms with van der Waals surface area (Å²) in [6.07, 6.45) is -4.20. The Morgan fingerprint density at radius 3 is 2.22 bits per heavy atom. The minimum absolute atomic E-state index is 0.104. The van der Waals surface area contributed by atoms with Gasteiger partial charge in [-0.3, -0.25) is 9.10 Å². The van der Waals surface area contributed by atoms with Crippen LogP contribution in [-0.2, 0) is 21.0 Å². The van der Waals surface area contributed by atoms with Gasteiger partial charge in [-0.1, -0.05) is 43.3 Å². The van der Waals surface area contributed by atoms with E-state index in [2.05, 4.69) is 5.32 Å². The number of ether oxygens (including phenoxy) is 2. The van der Waals surface area contributed by atoms with Gasteiger partial charge in [-0.05, 0) is 42.3 Å². The van der Waals surface area contributed by atoms with Crippen LogP contribution in [0, 0.1) is 0 Å². The van der Waals surface area contributed by atoms with E-state index in [0.717, 1.165) is 17.7 Å². The molecule has 0 radical (unpaired) electrons. The lowest BCUT2D eigenvalue weighted by atomic mass is 10.0. The van der Waals surface area contributed by atoms with Gasteiger partial charge in [0, 0.05) is 6.07 Å². The first-order valence-electron chi connectivity index (χ1n) is 11.3. The molecule has 3 rings (SSSR count). The van der Waals surface area contributed by atoms with Crippen molar-refractivity contribution in [3.05, 3.63) is 83.9 Å². The average molecular weight is 537 g/mol. The number of hydrogen-bond donors (Lipinski definition) is 1. The van der Waals surface area contributed by atoms with Crippen LogP contribution in [0.1, 0.15) is 30.5 Å². The Hall–Kier alpha value is -3.73. The normalized spacial score (nSPS) is 12.5. The summed E-state index contributed by atoms with van der Waals surface area (Å²) in [5, 5.41) is 2.78. The van der Waals surface area contributed by atoms with E-state index in [4.69, 9.17) is 9.47 Å². The summed E-state index contributed by atoms with van der Waals surface area (Å²) < 4.78 is 78.6. The molecule has 0 heterocycles. The highest BCUT2D eigenvalue weighted by Crippen LogP contribution is 2.35. The maximum atomic E-state index is 13.7. The number of carbonyl (C=O) groups is 1. The lowest BCUT2D eigenvalue weighted by Crippen LogP contribution is -2.42. The first-order valence-corrected chi connectivity index (χ1v) is 12.7. The van der Waals surface area contributed by atoms with Crippen LogP contribution in [0.25, 0.3) is 0 Å². The first-order chi connectivity index (χ1) is 17.5. The summed E-state index contributed by atoms with van der Waals surface area (Å²) in [5.41, 5.74) is -0.548. The maximum absolute atomic E-state index is 13.7. The van der Waals surface area contributed by atoms with Crippen LogP contribution in [0.2, 0.25) is 0 Å². The van der Waals surface area contributed by atoms with Gasteiger partial charge in [0.15, 0.2) is 11.5 Å². The molecule has 3 aromatic rings. The van der Waals surface area contributed by atoms with Crippen molar-refractivity contribution in [2.24, 2.45) is 0 Å². The Morgan fingerprint density at radius 1 is 0.946 bits per heavy atom. The molecule has 1 amide bonds. The molecular formula is C26H27F3N2O5S. The molecule has 0 saturated heterocycles. The Kier molecular flexibility index (Phi) is 8.69. The Bertz CT molecular complexity index is 1330. The topological polar surface area (TPSA) is 84.9 Å². The van der Waals surface area contributed by atoms with E-state index in [-0.39, 0.29) is 22.1 Å². The van der Waals surface area contributed by atoms with E-state index in [1.165, 1.54) is 38.5 Å². The van der Waals surface area contributed by atoms with Gasteiger partial charge in [-0.2, -0.15) is 13.2 Å². The second-order valence-electron chi connectivity index (χ2n) is 8.02. The van der Waals surface area contributed by atoms with Crippen LogP contribution in [0.5, 0.6) is 11.5 Å². The number of nitrogens with one attached hydrogen (secondary N) is 1. The number of methoxy groups -OCH3 is 2. The van der Waals surface area contributed by atoms with Crippen LogP contribution in [0.15, 0.2) is 77.7 Å². The van der Waals surface area contributed by atoms with Gasteiger partial charge in [-0.25, -0.2) is 8.42 Å². The monoisotopic (exact) mass is 536 g/mol. The van der Waals surface area contributed by atoms with Crippen LogP contribution >= 0.6 is 0 Å². The van der Waals surface area contributed by atoms with Gasteiger partial charge in [0.05, 0.1) is 36.4 Å². The number of hydrogen-bond acceptors (Lipinski definition) is 5. The average Bonchev–Trinajstić information content (AvgIpc) is 2.89. The molecule has 1 unspecified atom stereocenters. The molecule has 0 aliphatic heterocycles. The highest BCUT2D eigenvalue weighted by molar-refractivity contribution is 7.92. The van der Waals surface area contributed by atoms with Crippen molar-refractivity contribution >= 4 is 21.6 Å². The molecule has 0 bridgehead atoms. The van der Waals surface area contributed by atoms with E-state index in [9.17, 15) is 26.4 Å². The largest absolute Gasteiger partial charge is 0.493 e. The lowest BCUT2D eigenvalue weighted by molar-refractivity contribution is -0.137. The second kappa shape index (κ2) is 11.5. The zero-order chi connectivity index (χ0) is 27.2. The number of alkyl halides is 3. The molecule has 3 aromatic carbocycles. The predicted molar refractivity (Wildman–Crippen MR) is 133 cm³/mol. The first kappa shape index (κ1) is 27.9. The van der Waals surface area contributed by atoms with E-state index < -0.39 is 40.3 Å². The number of halogens is 3. The summed E-state index contributed by atoms with van der Waals surface area (Å²) in [6.45, 7) is 1.10. The zero-order valence-electron chi connectivity index (χ0n) is 20.5. The third kappa shape index (κ3) is 6.53. The summed E-state index contributed by atoms with van der Waals surface area (Å²) >= 11 is 0. The van der Waals surface area contributed by atoms with Crippen molar-refractivity contribution in [2.45, 2.75) is 30.5 Å². The molecule has 0 aliphatic rings. The van der Waals surface area contributed by atoms with Gasteiger partial charge in [0.2, 0.25) is 5.91 Å². The van der Waals surface area contributed by atoms with Crippen LogP contribution < -0.4 is 19.1 Å². The number of benzene rings is 3. The predicted octanol–water partition coefficient (Wildman–Crippen LogP) is 5.19. The smallest absolute Gasteiger partial charge is 0.416 e. The lowest BCUT2D eigenvalue weighted by Gasteiger charge is -2.26. The van der Waals surface area contributed by atoms with Gasteiger partial charge >= 0.3 is 6.18 Å². The number of rotatable bonds is 10. The fourth-order valence-corrected chi connectivity index (χ4v) is 5.16. The quantitative estimate of drug-likeness (QED) is 0.386. The van der Waals surface area contributed by atoms with Gasteiger partial charge in [-0.15, -0.1) is 0 Å². The number of amides is 1. The molecule has 0 aromatic heterocycles. The molecule has 198 valence electrons. The highest BCUT2D eigenvalue weighted by Gasteiger charge is 2.34. The van der Waals surface area contributed by atoms with E-state index >= 15 is 0 Å². The molecule has 1 atom stereocenters. The highest BCUT2D eigenvalue weighted by atomic mass is 32.2. The fraction of sp³-hybridized carbons (Fsp3) is 0.269. The fourth-order valence-electron chi connectivity index (χ4n) is 3.73. The summed E-state index contributed by atoms with van der Waals surface area (Å²) in [7, 11) is -1.81. The summed E-state index contributed by atoms with van der Waals surface area (Å²) in [5.74, 6) is -0.317. The molecule has 11 heteroatoms. The van der Waals surface area contributed by atoms with Crippen molar-refractivity contribution in [1.82, 2.24) is 5.32 Å². The number of carbonyl (C=O) groups excluding carboxylic acids is 1. The molecule has 7 nitrogen and oxygen atoms in total. The number of nitrogens with zero attached hydrogens (tertiary/aromatic N) is 1. The SMILES string of the molecule is CCC(NC(=O)CN(c1cccc(C(F)(F)F)c1)S(=O)(=O)c1ccc(OC)c(OC)c1)c1ccccc1. The molecule has 37 heavy (non-hydrogen) atoms. The standard InChI is InChI=1S/C26H27F3N2O5S/c1-4-22(18-9-6-5-7-10-18)30-25(32)17-31(20-12-8-11-19(15-20)26(27,28)29)37(33,34)21-13-14-23(35-2)24(16-21)36-3/h5-16,22H,4,17H2,1-3H3,(H,30,32). The van der Waals surface area contributed by atoms with Crippen molar-refractivity contribution in [2.75, 3.05) is 25.1 Å². The van der Waals surface area contributed by atoms with Gasteiger partial charge < -0.3 is 14.8 Å². The molecular weight excluding hydrogens is 509 g/mol. The van der Waals surface area contributed by atoms with E-state index in [0.29, 0.717) is 16.8 Å². The molecule has 0 fully saturated rings. The Balaban J connectivity index is 2.04. The second-order valence-corrected chi connectivity index (χ2v) is 9.88. The van der Waals surface area contributed by atoms with E-state index in [1.807, 2.05) is 25.1 Å². The number of sulfonamides is 1. The molecule has 0 saturated carbocycles. The minimum atomic E-state index is -4.71. The van der Waals surface area contributed by atoms with Gasteiger partial charge in [0.1, 0.15) is 6.54 Å². The third-order valence-electron chi connectivity index (χ3n) is 5.64. The minimum Gasteiger partial charge on any atom is -0.493 e. The zero-order valence-corrected chi connectivity index (χ0v) is 21.3. The van der Waals surface area contributed by atoms with Crippen molar-refractivity contribution in [1.29, 1.82) is 0 Å². The van der Waals surface area contributed by atoms with Crippen LogP contribution in [0.3, 0.4) is 0 Å². The molecule has 1 N–H and O–H groups in total. The van der Waals surface area contributed by atoms with Gasteiger partial charge in [0.25, 0.3) is 10.0 Å². The van der Waals surface area contributed by atoms with E-state index in [1.54, 1.807) is 12.1 Å². The maximum Gasteiger partial charge on any atom is 0.416 e. The van der Waals surface area contributed by atoms with Crippen molar-refractivity contribution in [3.63, 3.8) is 0 Å². The summed E-state index contributed by atoms with van der Waals surface area (Å²) in [4.78, 5) is 12.8. The third-order valence-corrected chi connectivity index (χ3v) is 7.41. The van der Waals surface area contributed by atoms with Crippen LogP contribution in [0.4, 0.5) is 18.9 Å². The number of anilines is 1. The van der Waals surface area contributed by atoms with Crippen molar-refractivity contribution in [3.8, 4) is 11.5 Å². The summed E-state index contributed by atoms with van der Waals surface area (Å²) in [6, 6.07) is 16.2. The Morgan fingerprint density at radius 2 is 1.62 bits per heavy atom. The van der Waals surface area contributed by atoms with Crippen LogP contribution in [-0.4, -0.2) is 35.1 Å². The molecule has 0 aliphatic carbocycles. The van der Waals surface area contributed by atoms with Crippen molar-refractivity contribution < 1.29 is 35.9 Å².